The molecular weight excluding hydrogens is 348 g/mol. The molecule has 0 fully saturated rings. The van der Waals surface area contributed by atoms with Gasteiger partial charge in [0, 0.05) is 23.7 Å². The lowest BCUT2D eigenvalue weighted by Gasteiger charge is -2.08. The third-order valence-electron chi connectivity index (χ3n) is 3.39. The Labute approximate surface area is 148 Å². The van der Waals surface area contributed by atoms with E-state index in [1.165, 1.54) is 12.1 Å². The molecule has 2 rings (SSSR count). The van der Waals surface area contributed by atoms with E-state index in [2.05, 4.69) is 5.32 Å². The van der Waals surface area contributed by atoms with Crippen LogP contribution in [0.1, 0.15) is 21.5 Å². The summed E-state index contributed by atoms with van der Waals surface area (Å²) < 4.78 is 5.05. The van der Waals surface area contributed by atoms with Gasteiger partial charge in [0.05, 0.1) is 4.92 Å². The van der Waals surface area contributed by atoms with Crippen LogP contribution in [0.4, 0.5) is 10.5 Å². The van der Waals surface area contributed by atoms with Crippen molar-refractivity contribution in [1.82, 2.24) is 5.32 Å². The quantitative estimate of drug-likeness (QED) is 0.462. The number of nitro groups is 1. The van der Waals surface area contributed by atoms with Gasteiger partial charge in [-0.05, 0) is 29.7 Å². The Balaban J connectivity index is 1.87. The predicted octanol–water partition coefficient (Wildman–Crippen LogP) is 3.44. The second-order valence-corrected chi connectivity index (χ2v) is 5.46. The van der Waals surface area contributed by atoms with Crippen LogP contribution in [0.2, 0.25) is 0 Å². The fourth-order valence-corrected chi connectivity index (χ4v) is 2.26. The van der Waals surface area contributed by atoms with E-state index in [-0.39, 0.29) is 30.8 Å². The Morgan fingerprint density at radius 1 is 1.16 bits per heavy atom. The number of amides is 1. The molecule has 0 saturated carbocycles. The van der Waals surface area contributed by atoms with E-state index >= 15 is 0 Å². The van der Waals surface area contributed by atoms with E-state index in [1.807, 2.05) is 30.3 Å². The predicted molar refractivity (Wildman–Crippen MR) is 91.6 cm³/mol. The maximum absolute atomic E-state index is 11.6. The zero-order chi connectivity index (χ0) is 18.2. The highest BCUT2D eigenvalue weighted by Gasteiger charge is 2.16. The highest BCUT2D eigenvalue weighted by atomic mass is 35.5. The summed E-state index contributed by atoms with van der Waals surface area (Å²) in [6.07, 6.45) is -0.396. The highest BCUT2D eigenvalue weighted by Crippen LogP contribution is 2.21. The van der Waals surface area contributed by atoms with Crippen LogP contribution >= 0.6 is 11.6 Å². The van der Waals surface area contributed by atoms with Crippen LogP contribution in [0.15, 0.2) is 48.5 Å². The minimum absolute atomic E-state index is 0.0485. The van der Waals surface area contributed by atoms with Crippen molar-refractivity contribution in [1.29, 1.82) is 0 Å². The summed E-state index contributed by atoms with van der Waals surface area (Å²) in [4.78, 5) is 33.2. The number of halogens is 1. The molecule has 0 spiro atoms. The number of benzene rings is 2. The van der Waals surface area contributed by atoms with Crippen molar-refractivity contribution in [3.8, 4) is 0 Å². The standard InChI is InChI=1S/C17H15ClN2O5/c18-16(21)14-7-6-13(15(10-14)20(23)24)8-9-19-17(22)25-11-12-4-2-1-3-5-12/h1-7,10H,8-9,11H2,(H,19,22). The minimum atomic E-state index is -0.766. The molecule has 0 aromatic heterocycles. The number of rotatable bonds is 7. The van der Waals surface area contributed by atoms with E-state index in [0.29, 0.717) is 5.56 Å². The molecule has 0 unspecified atom stereocenters. The smallest absolute Gasteiger partial charge is 0.407 e. The number of hydrogen-bond donors (Lipinski definition) is 1. The summed E-state index contributed by atoms with van der Waals surface area (Å²) in [5.41, 5.74) is 1.07. The molecule has 0 aliphatic heterocycles. The Morgan fingerprint density at radius 3 is 2.52 bits per heavy atom. The Kier molecular flexibility index (Phi) is 6.47. The summed E-state index contributed by atoms with van der Waals surface area (Å²) in [5, 5.41) is 12.9. The van der Waals surface area contributed by atoms with Gasteiger partial charge in [-0.15, -0.1) is 0 Å². The Morgan fingerprint density at radius 2 is 1.88 bits per heavy atom. The molecule has 0 atom stereocenters. The SMILES string of the molecule is O=C(NCCc1ccc(C(=O)Cl)cc1[N+](=O)[O-])OCc1ccccc1. The molecule has 7 nitrogen and oxygen atoms in total. The van der Waals surface area contributed by atoms with Crippen molar-refractivity contribution in [2.75, 3.05) is 6.54 Å². The lowest BCUT2D eigenvalue weighted by atomic mass is 10.1. The number of nitrogens with zero attached hydrogens (tertiary/aromatic N) is 1. The topological polar surface area (TPSA) is 98.5 Å². The normalized spacial score (nSPS) is 10.1. The van der Waals surface area contributed by atoms with E-state index < -0.39 is 16.3 Å². The molecule has 0 bridgehead atoms. The average Bonchev–Trinajstić information content (AvgIpc) is 2.60. The largest absolute Gasteiger partial charge is 0.445 e. The second-order valence-electron chi connectivity index (χ2n) is 5.11. The number of hydrogen-bond acceptors (Lipinski definition) is 5. The zero-order valence-corrected chi connectivity index (χ0v) is 13.9. The van der Waals surface area contributed by atoms with Crippen LogP contribution in [0.3, 0.4) is 0 Å². The molecule has 0 aliphatic rings. The van der Waals surface area contributed by atoms with Gasteiger partial charge in [0.1, 0.15) is 6.61 Å². The number of ether oxygens (including phenoxy) is 1. The fraction of sp³-hybridized carbons (Fsp3) is 0.176. The summed E-state index contributed by atoms with van der Waals surface area (Å²) in [6, 6.07) is 13.2. The lowest BCUT2D eigenvalue weighted by molar-refractivity contribution is -0.385. The Hall–Kier alpha value is -2.93. The van der Waals surface area contributed by atoms with Crippen LogP contribution < -0.4 is 5.32 Å². The van der Waals surface area contributed by atoms with Gasteiger partial charge < -0.3 is 10.1 Å². The first-order valence-corrected chi connectivity index (χ1v) is 7.77. The number of carbonyl (C=O) groups excluding carboxylic acids is 2. The van der Waals surface area contributed by atoms with Gasteiger partial charge >= 0.3 is 6.09 Å². The van der Waals surface area contributed by atoms with E-state index in [9.17, 15) is 19.7 Å². The van der Waals surface area contributed by atoms with Crippen molar-refractivity contribution < 1.29 is 19.2 Å². The van der Waals surface area contributed by atoms with Gasteiger partial charge in [-0.3, -0.25) is 14.9 Å². The molecule has 25 heavy (non-hydrogen) atoms. The van der Waals surface area contributed by atoms with Crippen LogP contribution in [0, 0.1) is 10.1 Å². The van der Waals surface area contributed by atoms with E-state index in [1.54, 1.807) is 0 Å². The second kappa shape index (κ2) is 8.79. The number of alkyl carbamates (subject to hydrolysis) is 1. The van der Waals surface area contributed by atoms with Crippen molar-refractivity contribution in [3.63, 3.8) is 0 Å². The Bertz CT molecular complexity index is 780. The van der Waals surface area contributed by atoms with Gasteiger partial charge in [-0.2, -0.15) is 0 Å². The molecule has 1 amide bonds. The van der Waals surface area contributed by atoms with Crippen LogP contribution in [0.25, 0.3) is 0 Å². The molecule has 8 heteroatoms. The van der Waals surface area contributed by atoms with Gasteiger partial charge in [0.15, 0.2) is 0 Å². The molecule has 0 radical (unpaired) electrons. The molecular formula is C17H15ClN2O5. The maximum atomic E-state index is 11.6. The fourth-order valence-electron chi connectivity index (χ4n) is 2.14. The molecule has 0 saturated heterocycles. The number of nitrogens with one attached hydrogen (secondary N) is 1. The zero-order valence-electron chi connectivity index (χ0n) is 13.1. The summed E-state index contributed by atoms with van der Waals surface area (Å²) >= 11 is 5.33. The molecule has 0 aliphatic carbocycles. The number of nitro benzene ring substituents is 1. The van der Waals surface area contributed by atoms with Crippen molar-refractivity contribution in [3.05, 3.63) is 75.3 Å². The van der Waals surface area contributed by atoms with Crippen LogP contribution in [-0.4, -0.2) is 22.8 Å². The summed E-state index contributed by atoms with van der Waals surface area (Å²) in [7, 11) is 0. The van der Waals surface area contributed by atoms with Crippen molar-refractivity contribution >= 4 is 28.6 Å². The monoisotopic (exact) mass is 362 g/mol. The van der Waals surface area contributed by atoms with Gasteiger partial charge in [0.25, 0.3) is 10.9 Å². The summed E-state index contributed by atoms with van der Waals surface area (Å²) in [6.45, 7) is 0.294. The first-order valence-electron chi connectivity index (χ1n) is 7.39. The average molecular weight is 363 g/mol. The highest BCUT2D eigenvalue weighted by molar-refractivity contribution is 6.67. The van der Waals surface area contributed by atoms with Crippen LogP contribution in [0.5, 0.6) is 0 Å². The van der Waals surface area contributed by atoms with Gasteiger partial charge in [-0.1, -0.05) is 36.4 Å². The third-order valence-corrected chi connectivity index (χ3v) is 3.60. The van der Waals surface area contributed by atoms with Gasteiger partial charge in [-0.25, -0.2) is 4.79 Å². The summed E-state index contributed by atoms with van der Waals surface area (Å²) in [5.74, 6) is 0. The van der Waals surface area contributed by atoms with Crippen molar-refractivity contribution in [2.45, 2.75) is 13.0 Å². The maximum Gasteiger partial charge on any atom is 0.407 e. The first-order chi connectivity index (χ1) is 12.0. The first kappa shape index (κ1) is 18.4. The van der Waals surface area contributed by atoms with Gasteiger partial charge in [0.2, 0.25) is 0 Å². The molecule has 130 valence electrons. The molecule has 0 heterocycles. The number of carbonyl (C=O) groups is 2. The van der Waals surface area contributed by atoms with E-state index in [4.69, 9.17) is 16.3 Å². The molecule has 1 N–H and O–H groups in total. The van der Waals surface area contributed by atoms with Crippen molar-refractivity contribution in [2.24, 2.45) is 0 Å². The minimum Gasteiger partial charge on any atom is -0.445 e. The lowest BCUT2D eigenvalue weighted by Crippen LogP contribution is -2.26. The molecule has 2 aromatic rings. The van der Waals surface area contributed by atoms with E-state index in [0.717, 1.165) is 11.6 Å². The molecule has 2 aromatic carbocycles. The third kappa shape index (κ3) is 5.58. The van der Waals surface area contributed by atoms with Crippen LogP contribution in [-0.2, 0) is 17.8 Å².